The lowest BCUT2D eigenvalue weighted by Crippen LogP contribution is -2.29. The monoisotopic (exact) mass is 328 g/mol. The molecule has 1 aromatic heterocycles. The molecule has 0 aliphatic carbocycles. The average Bonchev–Trinajstić information content (AvgIpc) is 3.13. The lowest BCUT2D eigenvalue weighted by atomic mass is 10.0. The van der Waals surface area contributed by atoms with E-state index in [4.69, 9.17) is 37.1 Å². The Kier molecular flexibility index (Phi) is 4.17. The molecule has 1 aromatic carbocycles. The van der Waals surface area contributed by atoms with Crippen molar-refractivity contribution in [2.45, 2.75) is 18.4 Å². The standard InChI is InChI=1S/C14H14Cl2N2O3/c1-19-14(5-6-20-8-14)13-18-17-11(21-13)7-9-3-2-4-10(15)12(9)16/h2-4H,5-8H2,1H3. The van der Waals surface area contributed by atoms with Crippen LogP contribution in [-0.4, -0.2) is 30.5 Å². The third-order valence-corrected chi connectivity index (χ3v) is 4.46. The lowest BCUT2D eigenvalue weighted by Gasteiger charge is -2.20. The smallest absolute Gasteiger partial charge is 0.250 e. The number of rotatable bonds is 4. The molecule has 0 bridgehead atoms. The highest BCUT2D eigenvalue weighted by Crippen LogP contribution is 2.33. The lowest BCUT2D eigenvalue weighted by molar-refractivity contribution is -0.0416. The van der Waals surface area contributed by atoms with Crippen molar-refractivity contribution in [1.29, 1.82) is 0 Å². The Balaban J connectivity index is 1.84. The SMILES string of the molecule is COC1(c2nnc(Cc3cccc(Cl)c3Cl)o2)CCOC1. The van der Waals surface area contributed by atoms with Gasteiger partial charge in [-0.25, -0.2) is 0 Å². The van der Waals surface area contributed by atoms with Gasteiger partial charge in [0.2, 0.25) is 5.89 Å². The van der Waals surface area contributed by atoms with E-state index < -0.39 is 5.60 Å². The van der Waals surface area contributed by atoms with Crippen molar-refractivity contribution >= 4 is 23.2 Å². The number of halogens is 2. The van der Waals surface area contributed by atoms with Gasteiger partial charge in [-0.2, -0.15) is 0 Å². The van der Waals surface area contributed by atoms with Gasteiger partial charge < -0.3 is 13.9 Å². The summed E-state index contributed by atoms with van der Waals surface area (Å²) in [5, 5.41) is 9.17. The molecule has 112 valence electrons. The highest BCUT2D eigenvalue weighted by atomic mass is 35.5. The predicted octanol–water partition coefficient (Wildman–Crippen LogP) is 3.23. The second kappa shape index (κ2) is 5.93. The molecule has 0 radical (unpaired) electrons. The Labute approximate surface area is 132 Å². The fourth-order valence-corrected chi connectivity index (χ4v) is 2.71. The van der Waals surface area contributed by atoms with Crippen LogP contribution in [0.4, 0.5) is 0 Å². The predicted molar refractivity (Wildman–Crippen MR) is 77.7 cm³/mol. The maximum absolute atomic E-state index is 6.17. The summed E-state index contributed by atoms with van der Waals surface area (Å²) in [6.07, 6.45) is 1.12. The molecule has 5 nitrogen and oxygen atoms in total. The Morgan fingerprint density at radius 2 is 2.19 bits per heavy atom. The van der Waals surface area contributed by atoms with Gasteiger partial charge in [0, 0.05) is 13.5 Å². The van der Waals surface area contributed by atoms with Crippen LogP contribution in [0.5, 0.6) is 0 Å². The normalized spacial score (nSPS) is 21.9. The highest BCUT2D eigenvalue weighted by molar-refractivity contribution is 6.42. The van der Waals surface area contributed by atoms with Crippen LogP contribution in [0.1, 0.15) is 23.8 Å². The summed E-state index contributed by atoms with van der Waals surface area (Å²) in [7, 11) is 1.62. The zero-order valence-electron chi connectivity index (χ0n) is 11.4. The van der Waals surface area contributed by atoms with Crippen LogP contribution in [0, 0.1) is 0 Å². The first-order chi connectivity index (χ1) is 10.1. The van der Waals surface area contributed by atoms with Gasteiger partial charge >= 0.3 is 0 Å². The molecule has 21 heavy (non-hydrogen) atoms. The molecule has 1 unspecified atom stereocenters. The topological polar surface area (TPSA) is 57.4 Å². The van der Waals surface area contributed by atoms with Crippen LogP contribution in [0.2, 0.25) is 10.0 Å². The second-order valence-electron chi connectivity index (χ2n) is 4.89. The Bertz CT molecular complexity index is 639. The van der Waals surface area contributed by atoms with E-state index in [1.807, 2.05) is 12.1 Å². The van der Waals surface area contributed by atoms with Crippen molar-refractivity contribution in [1.82, 2.24) is 10.2 Å². The molecule has 3 rings (SSSR count). The summed E-state index contributed by atoms with van der Waals surface area (Å²) in [5.41, 5.74) is 0.206. The van der Waals surface area contributed by atoms with Gasteiger partial charge in [-0.05, 0) is 11.6 Å². The first kappa shape index (κ1) is 14.8. The number of aromatic nitrogens is 2. The largest absolute Gasteiger partial charge is 0.422 e. The van der Waals surface area contributed by atoms with Crippen LogP contribution in [-0.2, 0) is 21.5 Å². The molecule has 0 amide bonds. The number of benzene rings is 1. The van der Waals surface area contributed by atoms with E-state index in [-0.39, 0.29) is 0 Å². The van der Waals surface area contributed by atoms with Gasteiger partial charge in [0.05, 0.1) is 29.7 Å². The minimum atomic E-state index is -0.636. The molecular formula is C14H14Cl2N2O3. The molecule has 1 saturated heterocycles. The maximum Gasteiger partial charge on any atom is 0.250 e. The number of methoxy groups -OCH3 is 1. The van der Waals surface area contributed by atoms with E-state index >= 15 is 0 Å². The summed E-state index contributed by atoms with van der Waals surface area (Å²) in [6.45, 7) is 1.04. The van der Waals surface area contributed by atoms with Gasteiger partial charge in [0.1, 0.15) is 0 Å². The average molecular weight is 329 g/mol. The van der Waals surface area contributed by atoms with Gasteiger partial charge in [-0.15, -0.1) is 10.2 Å². The fraction of sp³-hybridized carbons (Fsp3) is 0.429. The van der Waals surface area contributed by atoms with Gasteiger partial charge in [0.25, 0.3) is 5.89 Å². The molecule has 1 aliphatic heterocycles. The van der Waals surface area contributed by atoms with Gasteiger partial charge in [-0.3, -0.25) is 0 Å². The molecule has 1 atom stereocenters. The quantitative estimate of drug-likeness (QED) is 0.862. The van der Waals surface area contributed by atoms with Crippen molar-refractivity contribution in [3.05, 3.63) is 45.6 Å². The zero-order valence-corrected chi connectivity index (χ0v) is 12.9. The summed E-state index contributed by atoms with van der Waals surface area (Å²) in [6, 6.07) is 5.45. The second-order valence-corrected chi connectivity index (χ2v) is 5.68. The van der Waals surface area contributed by atoms with Gasteiger partial charge in [0.15, 0.2) is 5.60 Å². The third-order valence-electron chi connectivity index (χ3n) is 3.61. The molecular weight excluding hydrogens is 315 g/mol. The van der Waals surface area contributed by atoms with Crippen molar-refractivity contribution in [2.24, 2.45) is 0 Å². The molecule has 2 aromatic rings. The van der Waals surface area contributed by atoms with Crippen molar-refractivity contribution in [3.63, 3.8) is 0 Å². The van der Waals surface area contributed by atoms with E-state index in [0.29, 0.717) is 47.9 Å². The van der Waals surface area contributed by atoms with Gasteiger partial charge in [-0.1, -0.05) is 35.3 Å². The Hall–Kier alpha value is -1.14. The van der Waals surface area contributed by atoms with Crippen molar-refractivity contribution in [3.8, 4) is 0 Å². The van der Waals surface area contributed by atoms with Crippen LogP contribution < -0.4 is 0 Å². The van der Waals surface area contributed by atoms with Crippen LogP contribution in [0.3, 0.4) is 0 Å². The first-order valence-corrected chi connectivity index (χ1v) is 7.29. The van der Waals surface area contributed by atoms with Crippen LogP contribution >= 0.6 is 23.2 Å². The fourth-order valence-electron chi connectivity index (χ4n) is 2.32. The summed E-state index contributed by atoms with van der Waals surface area (Å²) in [4.78, 5) is 0. The third kappa shape index (κ3) is 2.79. The molecule has 0 saturated carbocycles. The molecule has 1 fully saturated rings. The molecule has 1 aliphatic rings. The van der Waals surface area contributed by atoms with E-state index in [2.05, 4.69) is 10.2 Å². The number of ether oxygens (including phenoxy) is 2. The van der Waals surface area contributed by atoms with Crippen LogP contribution in [0.15, 0.2) is 22.6 Å². The Morgan fingerprint density at radius 1 is 1.33 bits per heavy atom. The number of hydrogen-bond acceptors (Lipinski definition) is 5. The van der Waals surface area contributed by atoms with Crippen molar-refractivity contribution < 1.29 is 13.9 Å². The molecule has 0 N–H and O–H groups in total. The Morgan fingerprint density at radius 3 is 2.90 bits per heavy atom. The molecule has 0 spiro atoms. The van der Waals surface area contributed by atoms with Crippen LogP contribution in [0.25, 0.3) is 0 Å². The maximum atomic E-state index is 6.17. The summed E-state index contributed by atoms with van der Waals surface area (Å²) < 4.78 is 16.6. The first-order valence-electron chi connectivity index (χ1n) is 6.53. The van der Waals surface area contributed by atoms with E-state index in [1.165, 1.54) is 0 Å². The number of nitrogens with zero attached hydrogens (tertiary/aromatic N) is 2. The minimum absolute atomic E-state index is 0.420. The highest BCUT2D eigenvalue weighted by Gasteiger charge is 2.42. The zero-order chi connectivity index (χ0) is 14.9. The van der Waals surface area contributed by atoms with E-state index in [9.17, 15) is 0 Å². The molecule has 7 heteroatoms. The minimum Gasteiger partial charge on any atom is -0.422 e. The summed E-state index contributed by atoms with van der Waals surface area (Å²) >= 11 is 12.2. The van der Waals surface area contributed by atoms with Crippen molar-refractivity contribution in [2.75, 3.05) is 20.3 Å². The van der Waals surface area contributed by atoms with E-state index in [1.54, 1.807) is 13.2 Å². The molecule has 2 heterocycles. The summed E-state index contributed by atoms with van der Waals surface area (Å²) in [5.74, 6) is 0.910. The van der Waals surface area contributed by atoms with E-state index in [0.717, 1.165) is 5.56 Å². The number of hydrogen-bond donors (Lipinski definition) is 0.